The van der Waals surface area contributed by atoms with Gasteiger partial charge in [0.15, 0.2) is 0 Å². The van der Waals surface area contributed by atoms with Gasteiger partial charge in [-0.05, 0) is 38.1 Å². The highest BCUT2D eigenvalue weighted by atomic mass is 35.5. The number of benzene rings is 1. The van der Waals surface area contributed by atoms with Gasteiger partial charge in [0.05, 0.1) is 34.8 Å². The average Bonchev–Trinajstić information content (AvgIpc) is 2.88. The van der Waals surface area contributed by atoms with E-state index < -0.39 is 5.56 Å². The van der Waals surface area contributed by atoms with E-state index in [2.05, 4.69) is 15.4 Å². The lowest BCUT2D eigenvalue weighted by molar-refractivity contribution is 0.806. The van der Waals surface area contributed by atoms with Crippen LogP contribution in [0.1, 0.15) is 15.6 Å². The number of aryl methyl sites for hydroxylation is 2. The van der Waals surface area contributed by atoms with E-state index in [0.717, 1.165) is 15.6 Å². The summed E-state index contributed by atoms with van der Waals surface area (Å²) >= 11 is 13.7. The van der Waals surface area contributed by atoms with Crippen LogP contribution in [0.2, 0.25) is 10.0 Å². The summed E-state index contributed by atoms with van der Waals surface area (Å²) < 4.78 is 1.24. The molecule has 24 heavy (non-hydrogen) atoms. The van der Waals surface area contributed by atoms with Gasteiger partial charge in [-0.1, -0.05) is 23.2 Å². The van der Waals surface area contributed by atoms with Crippen molar-refractivity contribution in [3.05, 3.63) is 66.4 Å². The van der Waals surface area contributed by atoms with E-state index in [1.54, 1.807) is 35.6 Å². The molecule has 2 aromatic heterocycles. The molecule has 5 nitrogen and oxygen atoms in total. The Balaban J connectivity index is 1.86. The normalized spacial score (nSPS) is 10.8. The number of nitrogens with one attached hydrogen (secondary N) is 1. The third kappa shape index (κ3) is 3.45. The summed E-state index contributed by atoms with van der Waals surface area (Å²) in [7, 11) is 0. The predicted octanol–water partition coefficient (Wildman–Crippen LogP) is 4.22. The van der Waals surface area contributed by atoms with E-state index in [9.17, 15) is 4.79 Å². The summed E-state index contributed by atoms with van der Waals surface area (Å²) in [6, 6.07) is 6.81. The van der Waals surface area contributed by atoms with Gasteiger partial charge >= 0.3 is 0 Å². The van der Waals surface area contributed by atoms with Gasteiger partial charge in [-0.25, -0.2) is 4.98 Å². The number of thiazole rings is 1. The minimum absolute atomic E-state index is 0.0876. The zero-order chi connectivity index (χ0) is 17.3. The van der Waals surface area contributed by atoms with Crippen molar-refractivity contribution in [3.63, 3.8) is 0 Å². The van der Waals surface area contributed by atoms with Crippen LogP contribution < -0.4 is 10.9 Å². The molecule has 8 heteroatoms. The van der Waals surface area contributed by atoms with Gasteiger partial charge in [0.25, 0.3) is 5.56 Å². The number of rotatable bonds is 4. The maximum atomic E-state index is 12.4. The number of nitrogens with zero attached hydrogens (tertiary/aromatic N) is 3. The Kier molecular flexibility index (Phi) is 4.89. The molecule has 3 rings (SSSR count). The molecule has 0 atom stereocenters. The summed E-state index contributed by atoms with van der Waals surface area (Å²) in [6.45, 7) is 4.46. The minimum atomic E-state index is -0.393. The molecule has 0 saturated heterocycles. The van der Waals surface area contributed by atoms with Crippen LogP contribution in [0.25, 0.3) is 5.69 Å². The van der Waals surface area contributed by atoms with Crippen LogP contribution in [-0.2, 0) is 6.54 Å². The molecule has 1 aromatic carbocycles. The number of aromatic nitrogens is 3. The van der Waals surface area contributed by atoms with Crippen molar-refractivity contribution in [1.82, 2.24) is 14.8 Å². The summed E-state index contributed by atoms with van der Waals surface area (Å²) in [5.74, 6) is 0. The molecule has 0 aliphatic rings. The first-order valence-corrected chi connectivity index (χ1v) is 8.73. The quantitative estimate of drug-likeness (QED) is 0.735. The highest BCUT2D eigenvalue weighted by Crippen LogP contribution is 2.21. The fraction of sp³-hybridized carbons (Fsp3) is 0.188. The van der Waals surface area contributed by atoms with Crippen LogP contribution in [0.4, 0.5) is 5.69 Å². The molecular weight excluding hydrogens is 367 g/mol. The van der Waals surface area contributed by atoms with E-state index in [-0.39, 0.29) is 5.02 Å². The predicted molar refractivity (Wildman–Crippen MR) is 98.8 cm³/mol. The van der Waals surface area contributed by atoms with E-state index in [1.165, 1.54) is 10.9 Å². The number of halogens is 2. The van der Waals surface area contributed by atoms with Crippen LogP contribution >= 0.6 is 34.5 Å². The standard InChI is InChI=1S/C16H14Cl2N4OS/c1-9-13(21-10(2)24-9)7-19-14-8-20-22(16(23)15(14)18)12-5-3-11(17)4-6-12/h3-6,8,19H,7H2,1-2H3. The third-order valence-electron chi connectivity index (χ3n) is 3.44. The van der Waals surface area contributed by atoms with Gasteiger partial charge in [-0.3, -0.25) is 4.79 Å². The van der Waals surface area contributed by atoms with Crippen LogP contribution in [0.3, 0.4) is 0 Å². The Morgan fingerprint density at radius 2 is 1.92 bits per heavy atom. The summed E-state index contributed by atoms with van der Waals surface area (Å²) in [5.41, 5.74) is 1.63. The second-order valence-electron chi connectivity index (χ2n) is 5.15. The molecule has 1 N–H and O–H groups in total. The van der Waals surface area contributed by atoms with Crippen molar-refractivity contribution < 1.29 is 0 Å². The first-order chi connectivity index (χ1) is 11.5. The van der Waals surface area contributed by atoms with Gasteiger partial charge in [0.2, 0.25) is 0 Å². The zero-order valence-corrected chi connectivity index (χ0v) is 15.3. The molecule has 2 heterocycles. The number of hydrogen-bond donors (Lipinski definition) is 1. The van der Waals surface area contributed by atoms with Crippen molar-refractivity contribution in [2.24, 2.45) is 0 Å². The summed E-state index contributed by atoms with van der Waals surface area (Å²) in [4.78, 5) is 18.0. The van der Waals surface area contributed by atoms with E-state index in [1.807, 2.05) is 13.8 Å². The maximum Gasteiger partial charge on any atom is 0.292 e. The molecule has 124 valence electrons. The second kappa shape index (κ2) is 6.93. The largest absolute Gasteiger partial charge is 0.377 e. The zero-order valence-electron chi connectivity index (χ0n) is 13.0. The molecule has 0 fully saturated rings. The van der Waals surface area contributed by atoms with E-state index in [0.29, 0.717) is 22.9 Å². The molecule has 0 aliphatic heterocycles. The molecule has 0 bridgehead atoms. The van der Waals surface area contributed by atoms with Gasteiger partial charge in [-0.2, -0.15) is 9.78 Å². The van der Waals surface area contributed by atoms with Crippen LogP contribution in [-0.4, -0.2) is 14.8 Å². The Morgan fingerprint density at radius 3 is 2.54 bits per heavy atom. The second-order valence-corrected chi connectivity index (χ2v) is 7.38. The highest BCUT2D eigenvalue weighted by Gasteiger charge is 2.12. The smallest absolute Gasteiger partial charge is 0.292 e. The summed E-state index contributed by atoms with van der Waals surface area (Å²) in [6.07, 6.45) is 1.53. The van der Waals surface area contributed by atoms with E-state index in [4.69, 9.17) is 23.2 Å². The van der Waals surface area contributed by atoms with Gasteiger partial charge in [0.1, 0.15) is 5.02 Å². The molecule has 0 saturated carbocycles. The Morgan fingerprint density at radius 1 is 1.21 bits per heavy atom. The van der Waals surface area contributed by atoms with Crippen LogP contribution in [0.15, 0.2) is 35.3 Å². The third-order valence-corrected chi connectivity index (χ3v) is 4.98. The Hall–Kier alpha value is -1.89. The SMILES string of the molecule is Cc1nc(CNc2cnn(-c3ccc(Cl)cc3)c(=O)c2Cl)c(C)s1. The minimum Gasteiger partial charge on any atom is -0.377 e. The molecule has 0 radical (unpaired) electrons. The van der Waals surface area contributed by atoms with Gasteiger partial charge in [-0.15, -0.1) is 11.3 Å². The first-order valence-electron chi connectivity index (χ1n) is 7.16. The molecule has 0 amide bonds. The van der Waals surface area contributed by atoms with Crippen molar-refractivity contribution in [1.29, 1.82) is 0 Å². The van der Waals surface area contributed by atoms with Crippen molar-refractivity contribution in [2.75, 3.05) is 5.32 Å². The lowest BCUT2D eigenvalue weighted by atomic mass is 10.3. The van der Waals surface area contributed by atoms with Crippen LogP contribution in [0, 0.1) is 13.8 Å². The lowest BCUT2D eigenvalue weighted by Crippen LogP contribution is -2.22. The van der Waals surface area contributed by atoms with E-state index >= 15 is 0 Å². The Labute approximate surface area is 152 Å². The van der Waals surface area contributed by atoms with Crippen molar-refractivity contribution >= 4 is 40.2 Å². The molecule has 0 aliphatic carbocycles. The molecular formula is C16H14Cl2N4OS. The summed E-state index contributed by atoms with van der Waals surface area (Å²) in [5, 5.41) is 8.98. The molecule has 0 unspecified atom stereocenters. The van der Waals surface area contributed by atoms with Crippen molar-refractivity contribution in [2.45, 2.75) is 20.4 Å². The van der Waals surface area contributed by atoms with Crippen molar-refractivity contribution in [3.8, 4) is 5.69 Å². The monoisotopic (exact) mass is 380 g/mol. The topological polar surface area (TPSA) is 59.8 Å². The molecule has 0 spiro atoms. The van der Waals surface area contributed by atoms with Crippen LogP contribution in [0.5, 0.6) is 0 Å². The highest BCUT2D eigenvalue weighted by molar-refractivity contribution is 7.11. The van der Waals surface area contributed by atoms with Gasteiger partial charge < -0.3 is 5.32 Å². The fourth-order valence-corrected chi connectivity index (χ4v) is 3.39. The number of anilines is 1. The fourth-order valence-electron chi connectivity index (χ4n) is 2.24. The average molecular weight is 381 g/mol. The first kappa shape index (κ1) is 17.0. The maximum absolute atomic E-state index is 12.4. The van der Waals surface area contributed by atoms with Gasteiger partial charge in [0, 0.05) is 9.90 Å². The molecule has 3 aromatic rings. The number of hydrogen-bond acceptors (Lipinski definition) is 5. The lowest BCUT2D eigenvalue weighted by Gasteiger charge is -2.10. The Bertz CT molecular complexity index is 934.